The second-order valence-electron chi connectivity index (χ2n) is 9.09. The molecule has 2 unspecified atom stereocenters. The molecule has 0 bridgehead atoms. The van der Waals surface area contributed by atoms with Crippen molar-refractivity contribution in [1.29, 1.82) is 0 Å². The third-order valence-electron chi connectivity index (χ3n) is 6.61. The molecule has 1 aliphatic heterocycles. The van der Waals surface area contributed by atoms with Crippen molar-refractivity contribution in [2.24, 2.45) is 17.3 Å². The van der Waals surface area contributed by atoms with Crippen LogP contribution in [0.3, 0.4) is 0 Å². The lowest BCUT2D eigenvalue weighted by Gasteiger charge is -2.40. The van der Waals surface area contributed by atoms with Gasteiger partial charge in [-0.05, 0) is 61.1 Å². The van der Waals surface area contributed by atoms with Crippen LogP contribution in [0.15, 0.2) is 18.2 Å². The first-order valence-corrected chi connectivity index (χ1v) is 10.3. The second-order valence-corrected chi connectivity index (χ2v) is 9.09. The minimum atomic E-state index is -0.932. The first kappa shape index (κ1) is 21.3. The number of rotatable bonds is 5. The number of carbonyl (C=O) groups excluding carboxylic acids is 1. The number of ether oxygens (including phenoxy) is 1. The predicted octanol–water partition coefficient (Wildman–Crippen LogP) is 3.60. The van der Waals surface area contributed by atoms with Gasteiger partial charge in [-0.2, -0.15) is 0 Å². The van der Waals surface area contributed by atoms with Crippen molar-refractivity contribution in [2.75, 3.05) is 13.7 Å². The maximum Gasteiger partial charge on any atom is 0.407 e. The lowest BCUT2D eigenvalue weighted by atomic mass is 9.69. The minimum absolute atomic E-state index is 0.0516. The summed E-state index contributed by atoms with van der Waals surface area (Å²) in [4.78, 5) is 26.2. The van der Waals surface area contributed by atoms with Crippen LogP contribution in [0.25, 0.3) is 0 Å². The Kier molecular flexibility index (Phi) is 6.24. The van der Waals surface area contributed by atoms with Crippen LogP contribution in [0.2, 0.25) is 0 Å². The Morgan fingerprint density at radius 3 is 2.55 bits per heavy atom. The quantitative estimate of drug-likeness (QED) is 0.696. The molecule has 3 rings (SSSR count). The Hall–Kier alpha value is -2.44. The maximum atomic E-state index is 13.0. The number of nitrogens with zero attached hydrogens (tertiary/aromatic N) is 1. The molecule has 1 saturated heterocycles. The fourth-order valence-electron chi connectivity index (χ4n) is 4.82. The van der Waals surface area contributed by atoms with Crippen molar-refractivity contribution in [1.82, 2.24) is 10.2 Å². The highest BCUT2D eigenvalue weighted by atomic mass is 16.5. The van der Waals surface area contributed by atoms with E-state index in [1.165, 1.54) is 18.1 Å². The van der Waals surface area contributed by atoms with E-state index in [4.69, 9.17) is 4.74 Å². The topological polar surface area (TPSA) is 99.1 Å². The molecule has 0 aromatic heterocycles. The van der Waals surface area contributed by atoms with E-state index in [9.17, 15) is 19.8 Å². The van der Waals surface area contributed by atoms with E-state index in [0.717, 1.165) is 31.2 Å². The van der Waals surface area contributed by atoms with E-state index in [0.29, 0.717) is 30.7 Å². The molecule has 29 heavy (non-hydrogen) atoms. The summed E-state index contributed by atoms with van der Waals surface area (Å²) < 4.78 is 5.11. The van der Waals surface area contributed by atoms with E-state index in [1.807, 2.05) is 0 Å². The van der Waals surface area contributed by atoms with Gasteiger partial charge in [-0.15, -0.1) is 0 Å². The van der Waals surface area contributed by atoms with Gasteiger partial charge in [-0.1, -0.05) is 19.9 Å². The molecule has 3 N–H and O–H groups in total. The molecule has 0 spiro atoms. The van der Waals surface area contributed by atoms with Crippen LogP contribution >= 0.6 is 0 Å². The van der Waals surface area contributed by atoms with Gasteiger partial charge in [0.25, 0.3) is 0 Å². The first-order chi connectivity index (χ1) is 13.7. The number of carboxylic acid groups (broad SMARTS) is 1. The van der Waals surface area contributed by atoms with E-state index in [1.54, 1.807) is 12.1 Å². The van der Waals surface area contributed by atoms with E-state index in [-0.39, 0.29) is 29.5 Å². The molecule has 7 nitrogen and oxygen atoms in total. The highest BCUT2D eigenvalue weighted by molar-refractivity contribution is 5.81. The molecular weight excluding hydrogens is 372 g/mol. The number of carbonyl (C=O) groups is 2. The Morgan fingerprint density at radius 1 is 1.24 bits per heavy atom. The third kappa shape index (κ3) is 4.77. The van der Waals surface area contributed by atoms with Crippen molar-refractivity contribution >= 4 is 12.0 Å². The zero-order chi connectivity index (χ0) is 21.2. The van der Waals surface area contributed by atoms with Crippen LogP contribution in [0, 0.1) is 17.3 Å². The molecule has 2 amide bonds. The number of nitrogens with one attached hydrogen (secondary N) is 1. The average molecular weight is 405 g/mol. The SMILES string of the molecule is COc1cc(CNC(=O)C2CCN(C(=O)O)C2C2CCC(C)(C)CC2)ccc1O. The molecule has 7 heteroatoms. The summed E-state index contributed by atoms with van der Waals surface area (Å²) in [5.41, 5.74) is 1.11. The van der Waals surface area contributed by atoms with Crippen molar-refractivity contribution in [2.45, 2.75) is 58.5 Å². The molecule has 2 fully saturated rings. The van der Waals surface area contributed by atoms with Crippen LogP contribution in [0.4, 0.5) is 4.79 Å². The fourth-order valence-corrected chi connectivity index (χ4v) is 4.82. The number of hydrogen-bond acceptors (Lipinski definition) is 4. The molecule has 1 aliphatic carbocycles. The van der Waals surface area contributed by atoms with Crippen LogP contribution in [-0.2, 0) is 11.3 Å². The Morgan fingerprint density at radius 2 is 1.93 bits per heavy atom. The highest BCUT2D eigenvalue weighted by Gasteiger charge is 2.46. The number of methoxy groups -OCH3 is 1. The van der Waals surface area contributed by atoms with Gasteiger partial charge in [-0.25, -0.2) is 4.79 Å². The summed E-state index contributed by atoms with van der Waals surface area (Å²) in [6.07, 6.45) is 3.66. The standard InChI is InChI=1S/C22H32N2O5/c1-22(2)9-6-15(7-10-22)19-16(8-11-24(19)21(27)28)20(26)23-13-14-4-5-17(25)18(12-14)29-3/h4-5,12,15-16,19,25H,6-11,13H2,1-3H3,(H,23,26)(H,27,28). The van der Waals surface area contributed by atoms with E-state index >= 15 is 0 Å². The number of phenols is 1. The first-order valence-electron chi connectivity index (χ1n) is 10.3. The smallest absolute Gasteiger partial charge is 0.407 e. The molecule has 1 heterocycles. The van der Waals surface area contributed by atoms with Gasteiger partial charge in [0.15, 0.2) is 11.5 Å². The highest BCUT2D eigenvalue weighted by Crippen LogP contribution is 2.44. The van der Waals surface area contributed by atoms with Crippen LogP contribution in [0.1, 0.15) is 51.5 Å². The molecule has 1 saturated carbocycles. The monoisotopic (exact) mass is 404 g/mol. The van der Waals surface area contributed by atoms with Crippen molar-refractivity contribution < 1.29 is 24.5 Å². The summed E-state index contributed by atoms with van der Waals surface area (Å²) >= 11 is 0. The van der Waals surface area contributed by atoms with Gasteiger partial charge in [0.05, 0.1) is 13.0 Å². The third-order valence-corrected chi connectivity index (χ3v) is 6.61. The number of amides is 2. The number of aromatic hydroxyl groups is 1. The maximum absolute atomic E-state index is 13.0. The summed E-state index contributed by atoms with van der Waals surface area (Å²) in [5, 5.41) is 22.3. The largest absolute Gasteiger partial charge is 0.504 e. The normalized spacial score (nSPS) is 24.3. The number of benzene rings is 1. The van der Waals surface area contributed by atoms with Gasteiger partial charge in [0, 0.05) is 19.1 Å². The fraction of sp³-hybridized carbons (Fsp3) is 0.636. The lowest BCUT2D eigenvalue weighted by Crippen LogP contribution is -2.47. The molecule has 0 radical (unpaired) electrons. The van der Waals surface area contributed by atoms with Gasteiger partial charge >= 0.3 is 6.09 Å². The van der Waals surface area contributed by atoms with Gasteiger partial charge in [0.1, 0.15) is 0 Å². The number of phenolic OH excluding ortho intramolecular Hbond substituents is 1. The zero-order valence-corrected chi connectivity index (χ0v) is 17.5. The van der Waals surface area contributed by atoms with Crippen LogP contribution < -0.4 is 10.1 Å². The van der Waals surface area contributed by atoms with Crippen molar-refractivity contribution in [3.05, 3.63) is 23.8 Å². The summed E-state index contributed by atoms with van der Waals surface area (Å²) in [6, 6.07) is 4.71. The van der Waals surface area contributed by atoms with Gasteiger partial charge in [0.2, 0.25) is 5.91 Å². The molecule has 1 aromatic carbocycles. The van der Waals surface area contributed by atoms with Crippen molar-refractivity contribution in [3.8, 4) is 11.5 Å². The predicted molar refractivity (Wildman–Crippen MR) is 109 cm³/mol. The minimum Gasteiger partial charge on any atom is -0.504 e. The van der Waals surface area contributed by atoms with Gasteiger partial charge in [-0.3, -0.25) is 4.79 Å². The summed E-state index contributed by atoms with van der Waals surface area (Å²) in [5.74, 6) is 0.214. The molecule has 2 atom stereocenters. The van der Waals surface area contributed by atoms with Crippen LogP contribution in [0.5, 0.6) is 11.5 Å². The van der Waals surface area contributed by atoms with Crippen molar-refractivity contribution in [3.63, 3.8) is 0 Å². The Labute approximate surface area is 172 Å². The molecule has 1 aromatic rings. The second kappa shape index (κ2) is 8.51. The van der Waals surface area contributed by atoms with Gasteiger partial charge < -0.3 is 25.2 Å². The Bertz CT molecular complexity index is 754. The van der Waals surface area contributed by atoms with E-state index in [2.05, 4.69) is 19.2 Å². The Balaban J connectivity index is 1.68. The molecule has 2 aliphatic rings. The van der Waals surface area contributed by atoms with Crippen LogP contribution in [-0.4, -0.2) is 46.8 Å². The number of hydrogen-bond donors (Lipinski definition) is 3. The lowest BCUT2D eigenvalue weighted by molar-refractivity contribution is -0.126. The summed E-state index contributed by atoms with van der Waals surface area (Å²) in [7, 11) is 1.48. The molecular formula is C22H32N2O5. The summed E-state index contributed by atoms with van der Waals surface area (Å²) in [6.45, 7) is 5.22. The number of likely N-dealkylation sites (tertiary alicyclic amines) is 1. The zero-order valence-electron chi connectivity index (χ0n) is 17.5. The molecule has 160 valence electrons. The average Bonchev–Trinajstić information content (AvgIpc) is 3.12. The van der Waals surface area contributed by atoms with E-state index < -0.39 is 6.09 Å².